The van der Waals surface area contributed by atoms with Crippen LogP contribution < -0.4 is 10.1 Å². The summed E-state index contributed by atoms with van der Waals surface area (Å²) in [5.41, 5.74) is 5.02. The Morgan fingerprint density at radius 3 is 2.74 bits per heavy atom. The highest BCUT2D eigenvalue weighted by molar-refractivity contribution is 5.71. The number of fused-ring (bicyclic) bond motifs is 1. The van der Waals surface area contributed by atoms with Crippen LogP contribution in [0.4, 0.5) is 5.69 Å². The molecule has 3 nitrogen and oxygen atoms in total. The van der Waals surface area contributed by atoms with Crippen LogP contribution >= 0.6 is 0 Å². The maximum absolute atomic E-state index is 10.4. The van der Waals surface area contributed by atoms with E-state index in [0.717, 1.165) is 43.7 Å². The molecule has 0 heterocycles. The van der Waals surface area contributed by atoms with Gasteiger partial charge in [-0.1, -0.05) is 24.3 Å². The molecule has 23 heavy (non-hydrogen) atoms. The molecule has 120 valence electrons. The molecule has 0 radical (unpaired) electrons. The summed E-state index contributed by atoms with van der Waals surface area (Å²) in [6.07, 6.45) is 7.51. The second-order valence-electron chi connectivity index (χ2n) is 6.01. The van der Waals surface area contributed by atoms with Gasteiger partial charge in [0.25, 0.3) is 0 Å². The van der Waals surface area contributed by atoms with Crippen LogP contribution in [0.15, 0.2) is 42.5 Å². The van der Waals surface area contributed by atoms with Crippen LogP contribution in [0.25, 0.3) is 0 Å². The molecule has 0 saturated carbocycles. The van der Waals surface area contributed by atoms with Crippen molar-refractivity contribution in [3.63, 3.8) is 0 Å². The van der Waals surface area contributed by atoms with Crippen LogP contribution in [-0.4, -0.2) is 13.0 Å². The van der Waals surface area contributed by atoms with Crippen molar-refractivity contribution >= 4 is 12.1 Å². The average Bonchev–Trinajstić information content (AvgIpc) is 3.06. The topological polar surface area (TPSA) is 38.3 Å². The Hall–Kier alpha value is -2.29. The summed E-state index contributed by atoms with van der Waals surface area (Å²) in [7, 11) is 0. The molecule has 1 aliphatic rings. The second-order valence-corrected chi connectivity index (χ2v) is 6.01. The molecular formula is C20H23NO2. The lowest BCUT2D eigenvalue weighted by Crippen LogP contribution is -2.01. The number of aryl methyl sites for hydroxylation is 2. The van der Waals surface area contributed by atoms with Crippen LogP contribution in [0.2, 0.25) is 0 Å². The number of carbonyl (C=O) groups excluding carboxylic acids is 1. The minimum absolute atomic E-state index is 0.701. The summed E-state index contributed by atoms with van der Waals surface area (Å²) in [4.78, 5) is 10.4. The van der Waals surface area contributed by atoms with Crippen LogP contribution in [0, 0.1) is 0 Å². The maximum atomic E-state index is 10.4. The van der Waals surface area contributed by atoms with Gasteiger partial charge < -0.3 is 10.1 Å². The van der Waals surface area contributed by atoms with Crippen molar-refractivity contribution in [3.8, 4) is 5.75 Å². The van der Waals surface area contributed by atoms with E-state index in [1.807, 2.05) is 12.1 Å². The normalized spacial score (nSPS) is 12.7. The fraction of sp³-hybridized carbons (Fsp3) is 0.350. The molecule has 1 aliphatic carbocycles. The summed E-state index contributed by atoms with van der Waals surface area (Å²) in [5.74, 6) is 1.09. The van der Waals surface area contributed by atoms with Crippen LogP contribution in [0.5, 0.6) is 5.75 Å². The number of benzene rings is 2. The molecule has 0 atom stereocenters. The molecular weight excluding hydrogens is 286 g/mol. The second kappa shape index (κ2) is 7.82. The van der Waals surface area contributed by atoms with Crippen LogP contribution in [-0.2, 0) is 24.1 Å². The number of nitrogens with one attached hydrogen (secondary N) is 1. The predicted molar refractivity (Wildman–Crippen MR) is 93.0 cm³/mol. The summed E-state index contributed by atoms with van der Waals surface area (Å²) in [5, 5.41) is 2.65. The summed E-state index contributed by atoms with van der Waals surface area (Å²) in [6, 6.07) is 14.4. The number of hydrogen-bond donors (Lipinski definition) is 1. The van der Waals surface area contributed by atoms with Crippen molar-refractivity contribution < 1.29 is 9.53 Å². The average molecular weight is 309 g/mol. The van der Waals surface area contributed by atoms with E-state index in [1.165, 1.54) is 29.5 Å². The van der Waals surface area contributed by atoms with E-state index in [-0.39, 0.29) is 0 Å². The Labute approximate surface area is 137 Å². The zero-order valence-corrected chi connectivity index (χ0v) is 13.4. The first-order valence-electron chi connectivity index (χ1n) is 8.39. The monoisotopic (exact) mass is 309 g/mol. The molecule has 0 fully saturated rings. The molecule has 0 bridgehead atoms. The SMILES string of the molecule is O=CNc1ccc(CCCCOc2cccc3c2CCC3)cc1. The van der Waals surface area contributed by atoms with Crippen LogP contribution in [0.1, 0.15) is 36.0 Å². The summed E-state index contributed by atoms with van der Waals surface area (Å²) in [6.45, 7) is 0.779. The highest BCUT2D eigenvalue weighted by Gasteiger charge is 2.14. The minimum Gasteiger partial charge on any atom is -0.493 e. The molecule has 0 unspecified atom stereocenters. The zero-order valence-electron chi connectivity index (χ0n) is 13.4. The lowest BCUT2D eigenvalue weighted by molar-refractivity contribution is -0.105. The van der Waals surface area contributed by atoms with Crippen molar-refractivity contribution in [2.24, 2.45) is 0 Å². The Kier molecular flexibility index (Phi) is 5.30. The number of hydrogen-bond acceptors (Lipinski definition) is 2. The number of unbranched alkanes of at least 4 members (excludes halogenated alkanes) is 1. The van der Waals surface area contributed by atoms with Gasteiger partial charge in [-0.25, -0.2) is 0 Å². The Bertz CT molecular complexity index is 649. The van der Waals surface area contributed by atoms with Gasteiger partial charge in [0.2, 0.25) is 6.41 Å². The summed E-state index contributed by atoms with van der Waals surface area (Å²) >= 11 is 0. The van der Waals surface area contributed by atoms with Crippen molar-refractivity contribution in [2.75, 3.05) is 11.9 Å². The molecule has 3 heteroatoms. The van der Waals surface area contributed by atoms with Gasteiger partial charge >= 0.3 is 0 Å². The third kappa shape index (κ3) is 4.13. The molecule has 1 amide bonds. The summed E-state index contributed by atoms with van der Waals surface area (Å²) < 4.78 is 5.99. The van der Waals surface area contributed by atoms with E-state index < -0.39 is 0 Å². The van der Waals surface area contributed by atoms with Gasteiger partial charge in [0.1, 0.15) is 5.75 Å². The van der Waals surface area contributed by atoms with Crippen LogP contribution in [0.3, 0.4) is 0 Å². The maximum Gasteiger partial charge on any atom is 0.211 e. The lowest BCUT2D eigenvalue weighted by Gasteiger charge is -2.10. The van der Waals surface area contributed by atoms with E-state index >= 15 is 0 Å². The fourth-order valence-electron chi connectivity index (χ4n) is 3.17. The van der Waals surface area contributed by atoms with E-state index in [1.54, 1.807) is 0 Å². The predicted octanol–water partition coefficient (Wildman–Crippen LogP) is 4.15. The third-order valence-electron chi connectivity index (χ3n) is 4.40. The molecule has 2 aromatic rings. The van der Waals surface area contributed by atoms with Crippen molar-refractivity contribution in [1.29, 1.82) is 0 Å². The Morgan fingerprint density at radius 2 is 1.91 bits per heavy atom. The van der Waals surface area contributed by atoms with Gasteiger partial charge in [-0.3, -0.25) is 4.79 Å². The molecule has 0 spiro atoms. The van der Waals surface area contributed by atoms with E-state index in [0.29, 0.717) is 6.41 Å². The molecule has 2 aromatic carbocycles. The van der Waals surface area contributed by atoms with E-state index in [2.05, 4.69) is 35.6 Å². The Balaban J connectivity index is 1.40. The molecule has 0 aliphatic heterocycles. The largest absolute Gasteiger partial charge is 0.493 e. The fourth-order valence-corrected chi connectivity index (χ4v) is 3.17. The van der Waals surface area contributed by atoms with E-state index in [4.69, 9.17) is 4.74 Å². The van der Waals surface area contributed by atoms with E-state index in [9.17, 15) is 4.79 Å². The molecule has 1 N–H and O–H groups in total. The van der Waals surface area contributed by atoms with Gasteiger partial charge in [0.15, 0.2) is 0 Å². The third-order valence-corrected chi connectivity index (χ3v) is 4.40. The quantitative estimate of drug-likeness (QED) is 0.588. The molecule has 0 aromatic heterocycles. The minimum atomic E-state index is 0.701. The number of carbonyl (C=O) groups is 1. The lowest BCUT2D eigenvalue weighted by atomic mass is 10.1. The Morgan fingerprint density at radius 1 is 1.04 bits per heavy atom. The van der Waals surface area contributed by atoms with Crippen molar-refractivity contribution in [3.05, 3.63) is 59.2 Å². The van der Waals surface area contributed by atoms with Crippen molar-refractivity contribution in [2.45, 2.75) is 38.5 Å². The van der Waals surface area contributed by atoms with Gasteiger partial charge in [0.05, 0.1) is 6.61 Å². The standard InChI is InChI=1S/C20H23NO2/c22-15-21-18-12-10-16(11-13-18)5-1-2-14-23-20-9-4-7-17-6-3-8-19(17)20/h4,7,9-13,15H,1-3,5-6,8,14H2,(H,21,22). The van der Waals surface area contributed by atoms with Gasteiger partial charge in [-0.2, -0.15) is 0 Å². The van der Waals surface area contributed by atoms with Crippen molar-refractivity contribution in [1.82, 2.24) is 0 Å². The first-order valence-corrected chi connectivity index (χ1v) is 8.39. The van der Waals surface area contributed by atoms with Gasteiger partial charge in [-0.15, -0.1) is 0 Å². The number of ether oxygens (including phenoxy) is 1. The van der Waals surface area contributed by atoms with Gasteiger partial charge in [0, 0.05) is 5.69 Å². The number of amides is 1. The number of rotatable bonds is 8. The smallest absolute Gasteiger partial charge is 0.211 e. The first kappa shape index (κ1) is 15.6. The highest BCUT2D eigenvalue weighted by atomic mass is 16.5. The first-order chi connectivity index (χ1) is 11.4. The number of anilines is 1. The highest BCUT2D eigenvalue weighted by Crippen LogP contribution is 2.30. The molecule has 0 saturated heterocycles. The molecule has 3 rings (SSSR count). The van der Waals surface area contributed by atoms with Gasteiger partial charge in [-0.05, 0) is 73.4 Å². The zero-order chi connectivity index (χ0) is 15.9.